The van der Waals surface area contributed by atoms with Crippen LogP contribution in [0.5, 0.6) is 5.75 Å². The molecular weight excluding hydrogens is 411 g/mol. The van der Waals surface area contributed by atoms with Gasteiger partial charge in [0.15, 0.2) is 17.4 Å². The number of carbonyl (C=O) groups excluding carboxylic acids is 1. The normalized spacial score (nSPS) is 10.9. The lowest BCUT2D eigenvalue weighted by molar-refractivity contribution is -0.123. The van der Waals surface area contributed by atoms with E-state index >= 15 is 0 Å². The van der Waals surface area contributed by atoms with Crippen LogP contribution in [-0.4, -0.2) is 65.3 Å². The third kappa shape index (κ3) is 5.80. The van der Waals surface area contributed by atoms with Crippen molar-refractivity contribution in [3.63, 3.8) is 0 Å². The van der Waals surface area contributed by atoms with Crippen LogP contribution in [0, 0.1) is 5.82 Å². The predicted molar refractivity (Wildman–Crippen MR) is 112 cm³/mol. The number of ether oxygens (including phenoxy) is 2. The number of nitrogens with zero attached hydrogens (tertiary/aromatic N) is 4. The van der Waals surface area contributed by atoms with E-state index in [0.29, 0.717) is 48.6 Å². The van der Waals surface area contributed by atoms with Gasteiger partial charge < -0.3 is 20.1 Å². The third-order valence-corrected chi connectivity index (χ3v) is 4.63. The number of hydrogen-bond acceptors (Lipinski definition) is 8. The smallest absolute Gasteiger partial charge is 0.258 e. The number of anilines is 1. The van der Waals surface area contributed by atoms with Crippen LogP contribution in [0.4, 0.5) is 10.2 Å². The SMILES string of the molecule is COCCNc1nc(SC)nc2c1cnn2CCNC(=O)COc1ccc(F)cc1. The lowest BCUT2D eigenvalue weighted by Crippen LogP contribution is -2.31. The molecule has 1 aromatic carbocycles. The third-order valence-electron chi connectivity index (χ3n) is 4.09. The molecule has 0 saturated carbocycles. The second-order valence-corrected chi connectivity index (χ2v) is 6.95. The highest BCUT2D eigenvalue weighted by molar-refractivity contribution is 7.98. The second-order valence-electron chi connectivity index (χ2n) is 6.18. The fourth-order valence-corrected chi connectivity index (χ4v) is 2.99. The maximum absolute atomic E-state index is 12.9. The molecule has 0 spiro atoms. The topological polar surface area (TPSA) is 103 Å². The Bertz CT molecular complexity index is 982. The van der Waals surface area contributed by atoms with Crippen LogP contribution >= 0.6 is 11.8 Å². The zero-order chi connectivity index (χ0) is 21.3. The Hall–Kier alpha value is -2.92. The van der Waals surface area contributed by atoms with E-state index in [9.17, 15) is 9.18 Å². The van der Waals surface area contributed by atoms with Crippen molar-refractivity contribution in [3.8, 4) is 5.75 Å². The number of aromatic nitrogens is 4. The summed E-state index contributed by atoms with van der Waals surface area (Å²) in [6.45, 7) is 1.81. The number of hydrogen-bond donors (Lipinski definition) is 2. The summed E-state index contributed by atoms with van der Waals surface area (Å²) in [5, 5.41) is 11.8. The molecule has 2 aromatic heterocycles. The van der Waals surface area contributed by atoms with E-state index in [4.69, 9.17) is 9.47 Å². The van der Waals surface area contributed by atoms with Gasteiger partial charge in [0.05, 0.1) is 24.7 Å². The van der Waals surface area contributed by atoms with Gasteiger partial charge in [-0.05, 0) is 30.5 Å². The molecule has 0 aliphatic heterocycles. The van der Waals surface area contributed by atoms with E-state index in [2.05, 4.69) is 25.7 Å². The Morgan fingerprint density at radius 2 is 2.03 bits per heavy atom. The van der Waals surface area contributed by atoms with Crippen molar-refractivity contribution in [2.24, 2.45) is 0 Å². The first kappa shape index (κ1) is 21.8. The summed E-state index contributed by atoms with van der Waals surface area (Å²) in [7, 11) is 1.64. The van der Waals surface area contributed by atoms with Gasteiger partial charge in [0.2, 0.25) is 0 Å². The summed E-state index contributed by atoms with van der Waals surface area (Å²) in [5.74, 6) is 0.490. The molecule has 0 saturated heterocycles. The molecule has 160 valence electrons. The van der Waals surface area contributed by atoms with Crippen LogP contribution < -0.4 is 15.4 Å². The standard InChI is InChI=1S/C19H23FN6O3S/c1-28-10-8-22-17-15-11-23-26(18(15)25-19(24-17)30-2)9-7-21-16(27)12-29-14-5-3-13(20)4-6-14/h3-6,11H,7-10,12H2,1-2H3,(H,21,27)(H,22,24,25). The Morgan fingerprint density at radius 1 is 1.23 bits per heavy atom. The fourth-order valence-electron chi connectivity index (χ4n) is 2.63. The summed E-state index contributed by atoms with van der Waals surface area (Å²) < 4.78 is 25.0. The Labute approximate surface area is 177 Å². The van der Waals surface area contributed by atoms with Crippen molar-refractivity contribution in [2.45, 2.75) is 11.7 Å². The Kier molecular flexibility index (Phi) is 7.80. The molecule has 0 radical (unpaired) electrons. The molecule has 0 fully saturated rings. The van der Waals surface area contributed by atoms with Crippen molar-refractivity contribution in [2.75, 3.05) is 45.0 Å². The molecular formula is C19H23FN6O3S. The number of halogens is 1. The lowest BCUT2D eigenvalue weighted by atomic mass is 10.3. The van der Waals surface area contributed by atoms with Crippen LogP contribution in [0.1, 0.15) is 0 Å². The molecule has 30 heavy (non-hydrogen) atoms. The van der Waals surface area contributed by atoms with Gasteiger partial charge in [0.1, 0.15) is 17.4 Å². The van der Waals surface area contributed by atoms with Crippen molar-refractivity contribution in [1.29, 1.82) is 0 Å². The molecule has 0 unspecified atom stereocenters. The molecule has 0 aliphatic rings. The van der Waals surface area contributed by atoms with Gasteiger partial charge in [-0.2, -0.15) is 5.10 Å². The van der Waals surface area contributed by atoms with Crippen LogP contribution in [0.2, 0.25) is 0 Å². The molecule has 0 bridgehead atoms. The van der Waals surface area contributed by atoms with Crippen molar-refractivity contribution in [1.82, 2.24) is 25.1 Å². The number of nitrogens with one attached hydrogen (secondary N) is 2. The second kappa shape index (κ2) is 10.7. The predicted octanol–water partition coefficient (Wildman–Crippen LogP) is 1.94. The zero-order valence-corrected chi connectivity index (χ0v) is 17.5. The van der Waals surface area contributed by atoms with Gasteiger partial charge in [-0.25, -0.2) is 19.0 Å². The molecule has 0 aliphatic carbocycles. The highest BCUT2D eigenvalue weighted by Crippen LogP contribution is 2.23. The molecule has 11 heteroatoms. The molecule has 2 heterocycles. The first-order chi connectivity index (χ1) is 14.6. The van der Waals surface area contributed by atoms with Crippen LogP contribution in [0.25, 0.3) is 11.0 Å². The monoisotopic (exact) mass is 434 g/mol. The van der Waals surface area contributed by atoms with Gasteiger partial charge >= 0.3 is 0 Å². The first-order valence-corrected chi connectivity index (χ1v) is 10.5. The molecule has 3 rings (SSSR count). The molecule has 1 amide bonds. The van der Waals surface area contributed by atoms with E-state index < -0.39 is 0 Å². The summed E-state index contributed by atoms with van der Waals surface area (Å²) >= 11 is 1.44. The van der Waals surface area contributed by atoms with Crippen molar-refractivity contribution in [3.05, 3.63) is 36.3 Å². The van der Waals surface area contributed by atoms with Gasteiger partial charge in [0.25, 0.3) is 5.91 Å². The van der Waals surface area contributed by atoms with Gasteiger partial charge in [0, 0.05) is 20.2 Å². The number of fused-ring (bicyclic) bond motifs is 1. The van der Waals surface area contributed by atoms with E-state index in [-0.39, 0.29) is 18.3 Å². The summed E-state index contributed by atoms with van der Waals surface area (Å²) in [6, 6.07) is 5.50. The maximum atomic E-state index is 12.9. The number of methoxy groups -OCH3 is 1. The first-order valence-electron chi connectivity index (χ1n) is 9.26. The summed E-state index contributed by atoms with van der Waals surface area (Å²) in [4.78, 5) is 21.0. The number of carbonyl (C=O) groups is 1. The van der Waals surface area contributed by atoms with Gasteiger partial charge in [-0.3, -0.25) is 4.79 Å². The van der Waals surface area contributed by atoms with Crippen LogP contribution in [-0.2, 0) is 16.1 Å². The quantitative estimate of drug-likeness (QED) is 0.268. The minimum absolute atomic E-state index is 0.155. The van der Waals surface area contributed by atoms with Crippen LogP contribution in [0.3, 0.4) is 0 Å². The highest BCUT2D eigenvalue weighted by Gasteiger charge is 2.13. The highest BCUT2D eigenvalue weighted by atomic mass is 32.2. The average molecular weight is 434 g/mol. The number of benzene rings is 1. The largest absolute Gasteiger partial charge is 0.484 e. The van der Waals surface area contributed by atoms with E-state index in [1.54, 1.807) is 18.0 Å². The van der Waals surface area contributed by atoms with E-state index in [1.807, 2.05) is 6.26 Å². The van der Waals surface area contributed by atoms with Gasteiger partial charge in [-0.15, -0.1) is 0 Å². The molecule has 3 aromatic rings. The zero-order valence-electron chi connectivity index (χ0n) is 16.7. The molecule has 9 nitrogen and oxygen atoms in total. The minimum Gasteiger partial charge on any atom is -0.484 e. The summed E-state index contributed by atoms with van der Waals surface area (Å²) in [6.07, 6.45) is 3.61. The van der Waals surface area contributed by atoms with Crippen molar-refractivity contribution < 1.29 is 18.7 Å². The van der Waals surface area contributed by atoms with Crippen LogP contribution in [0.15, 0.2) is 35.6 Å². The lowest BCUT2D eigenvalue weighted by Gasteiger charge is -2.09. The molecule has 2 N–H and O–H groups in total. The molecule has 0 atom stereocenters. The van der Waals surface area contributed by atoms with Crippen molar-refractivity contribution >= 4 is 34.5 Å². The maximum Gasteiger partial charge on any atom is 0.258 e. The fraction of sp³-hybridized carbons (Fsp3) is 0.368. The Balaban J connectivity index is 1.56. The Morgan fingerprint density at radius 3 is 2.77 bits per heavy atom. The number of rotatable bonds is 11. The van der Waals surface area contributed by atoms with E-state index in [0.717, 1.165) is 5.39 Å². The average Bonchev–Trinajstić information content (AvgIpc) is 3.16. The van der Waals surface area contributed by atoms with E-state index in [1.165, 1.54) is 36.0 Å². The number of thioether (sulfide) groups is 1. The number of amides is 1. The minimum atomic E-state index is -0.358. The van der Waals surface area contributed by atoms with Gasteiger partial charge in [-0.1, -0.05) is 11.8 Å². The summed E-state index contributed by atoms with van der Waals surface area (Å²) in [5.41, 5.74) is 0.686.